The molecule has 1 aliphatic rings. The molecule has 0 spiro atoms. The van der Waals surface area contributed by atoms with E-state index in [2.05, 4.69) is 24.8 Å². The summed E-state index contributed by atoms with van der Waals surface area (Å²) in [7, 11) is 0. The van der Waals surface area contributed by atoms with E-state index in [-0.39, 0.29) is 6.61 Å². The average molecular weight is 393 g/mol. The highest BCUT2D eigenvalue weighted by molar-refractivity contribution is 5.68. The molecule has 29 heavy (non-hydrogen) atoms. The van der Waals surface area contributed by atoms with Crippen molar-refractivity contribution in [2.45, 2.75) is 25.3 Å². The van der Waals surface area contributed by atoms with E-state index >= 15 is 0 Å². The van der Waals surface area contributed by atoms with Gasteiger partial charge in [0.15, 0.2) is 12.4 Å². The van der Waals surface area contributed by atoms with Crippen molar-refractivity contribution < 1.29 is 14.6 Å². The van der Waals surface area contributed by atoms with Gasteiger partial charge in [-0.2, -0.15) is 0 Å². The molecule has 1 saturated heterocycles. The predicted molar refractivity (Wildman–Crippen MR) is 106 cm³/mol. The molecule has 0 aliphatic carbocycles. The van der Waals surface area contributed by atoms with Crippen molar-refractivity contribution in [3.63, 3.8) is 0 Å². The monoisotopic (exact) mass is 393 g/mol. The Morgan fingerprint density at radius 2 is 2.00 bits per heavy atom. The van der Waals surface area contributed by atoms with E-state index in [1.165, 1.54) is 5.56 Å². The van der Waals surface area contributed by atoms with Crippen LogP contribution in [0.2, 0.25) is 0 Å². The standard InChI is InChI=1S/C21H23N5O3/c27-18(28)14-29-17-5-3-15(4-6-17)12-26-11-1-2-16(13-26)19-20(23-8-7-22-19)21-24-9-10-25-21/h3-10,16H,1-2,11-14H2,(H,24,25)(H,27,28). The number of aromatic amines is 1. The summed E-state index contributed by atoms with van der Waals surface area (Å²) in [5, 5.41) is 8.70. The van der Waals surface area contributed by atoms with E-state index in [1.54, 1.807) is 24.8 Å². The number of rotatable bonds is 7. The highest BCUT2D eigenvalue weighted by Crippen LogP contribution is 2.31. The number of imidazole rings is 1. The molecule has 3 aromatic rings. The van der Waals surface area contributed by atoms with Crippen molar-refractivity contribution >= 4 is 5.97 Å². The molecule has 2 N–H and O–H groups in total. The summed E-state index contributed by atoms with van der Waals surface area (Å²) < 4.78 is 5.20. The summed E-state index contributed by atoms with van der Waals surface area (Å²) in [6, 6.07) is 7.60. The fourth-order valence-electron chi connectivity index (χ4n) is 3.74. The van der Waals surface area contributed by atoms with Crippen LogP contribution >= 0.6 is 0 Å². The van der Waals surface area contributed by atoms with Crippen LogP contribution in [0.4, 0.5) is 0 Å². The summed E-state index contributed by atoms with van der Waals surface area (Å²) >= 11 is 0. The van der Waals surface area contributed by atoms with E-state index < -0.39 is 5.97 Å². The second-order valence-electron chi connectivity index (χ2n) is 7.13. The number of H-pyrrole nitrogens is 1. The molecule has 2 aromatic heterocycles. The van der Waals surface area contributed by atoms with Crippen molar-refractivity contribution in [2.75, 3.05) is 19.7 Å². The zero-order valence-corrected chi connectivity index (χ0v) is 16.0. The van der Waals surface area contributed by atoms with Gasteiger partial charge in [0.25, 0.3) is 0 Å². The molecule has 0 bridgehead atoms. The summed E-state index contributed by atoms with van der Waals surface area (Å²) in [5.74, 6) is 0.639. The van der Waals surface area contributed by atoms with Crippen LogP contribution in [0.5, 0.6) is 5.75 Å². The van der Waals surface area contributed by atoms with Gasteiger partial charge in [0.2, 0.25) is 0 Å². The van der Waals surface area contributed by atoms with Crippen LogP contribution in [0.3, 0.4) is 0 Å². The van der Waals surface area contributed by atoms with Crippen LogP contribution in [0.25, 0.3) is 11.5 Å². The van der Waals surface area contributed by atoms with Crippen LogP contribution in [0, 0.1) is 0 Å². The zero-order valence-electron chi connectivity index (χ0n) is 16.0. The first-order valence-electron chi connectivity index (χ1n) is 9.65. The molecule has 0 radical (unpaired) electrons. The first-order valence-corrected chi connectivity index (χ1v) is 9.65. The average Bonchev–Trinajstić information content (AvgIpc) is 3.28. The number of carboxylic acids is 1. The number of aliphatic carboxylic acids is 1. The third-order valence-corrected chi connectivity index (χ3v) is 5.03. The van der Waals surface area contributed by atoms with Gasteiger partial charge in [0.1, 0.15) is 11.4 Å². The molecule has 8 nitrogen and oxygen atoms in total. The van der Waals surface area contributed by atoms with E-state index in [4.69, 9.17) is 9.84 Å². The first-order chi connectivity index (χ1) is 14.2. The molecule has 0 amide bonds. The fraction of sp³-hybridized carbons (Fsp3) is 0.333. The van der Waals surface area contributed by atoms with Crippen molar-refractivity contribution in [2.24, 2.45) is 0 Å². The van der Waals surface area contributed by atoms with Crippen LogP contribution in [0.1, 0.15) is 30.0 Å². The number of carbonyl (C=O) groups is 1. The molecule has 150 valence electrons. The van der Waals surface area contributed by atoms with Gasteiger partial charge in [0, 0.05) is 43.8 Å². The number of nitrogens with one attached hydrogen (secondary N) is 1. The number of benzene rings is 1. The van der Waals surface area contributed by atoms with Crippen LogP contribution < -0.4 is 4.74 Å². The number of likely N-dealkylation sites (tertiary alicyclic amines) is 1. The SMILES string of the molecule is O=C(O)COc1ccc(CN2CCCC(c3nccnc3-c3ncc[nH]3)C2)cc1. The van der Waals surface area contributed by atoms with Crippen molar-refractivity contribution in [1.82, 2.24) is 24.8 Å². The number of hydrogen-bond acceptors (Lipinski definition) is 6. The highest BCUT2D eigenvalue weighted by atomic mass is 16.5. The Morgan fingerprint density at radius 1 is 1.17 bits per heavy atom. The third kappa shape index (κ3) is 4.78. The predicted octanol–water partition coefficient (Wildman–Crippen LogP) is 2.71. The fourth-order valence-corrected chi connectivity index (χ4v) is 3.74. The summed E-state index contributed by atoms with van der Waals surface area (Å²) in [6.07, 6.45) is 9.14. The second kappa shape index (κ2) is 8.83. The van der Waals surface area contributed by atoms with E-state index in [1.807, 2.05) is 24.3 Å². The lowest BCUT2D eigenvalue weighted by atomic mass is 9.92. The summed E-state index contributed by atoms with van der Waals surface area (Å²) in [4.78, 5) is 29.6. The molecule has 3 heterocycles. The van der Waals surface area contributed by atoms with Gasteiger partial charge in [-0.05, 0) is 37.1 Å². The number of nitrogens with zero attached hydrogens (tertiary/aromatic N) is 4. The molecule has 1 aliphatic heterocycles. The molecule has 4 rings (SSSR count). The van der Waals surface area contributed by atoms with E-state index in [9.17, 15) is 4.79 Å². The van der Waals surface area contributed by atoms with Crippen LogP contribution in [-0.4, -0.2) is 55.6 Å². The van der Waals surface area contributed by atoms with E-state index in [0.717, 1.165) is 49.7 Å². The smallest absolute Gasteiger partial charge is 0.341 e. The number of ether oxygens (including phenoxy) is 1. The number of aromatic nitrogens is 4. The maximum Gasteiger partial charge on any atom is 0.341 e. The van der Waals surface area contributed by atoms with Gasteiger partial charge in [0.05, 0.1) is 5.69 Å². The third-order valence-electron chi connectivity index (χ3n) is 5.03. The second-order valence-corrected chi connectivity index (χ2v) is 7.13. The van der Waals surface area contributed by atoms with Gasteiger partial charge in [-0.25, -0.2) is 14.8 Å². The Bertz CT molecular complexity index is 943. The lowest BCUT2D eigenvalue weighted by molar-refractivity contribution is -0.139. The number of carboxylic acid groups (broad SMARTS) is 1. The Hall–Kier alpha value is -3.26. The molecular weight excluding hydrogens is 370 g/mol. The molecule has 1 fully saturated rings. The molecule has 0 saturated carbocycles. The molecular formula is C21H23N5O3. The number of piperidine rings is 1. The largest absolute Gasteiger partial charge is 0.482 e. The van der Waals surface area contributed by atoms with Gasteiger partial charge >= 0.3 is 5.97 Å². The molecule has 1 aromatic carbocycles. The molecule has 8 heteroatoms. The topological polar surface area (TPSA) is 104 Å². The minimum atomic E-state index is -0.980. The maximum atomic E-state index is 10.6. The van der Waals surface area contributed by atoms with Crippen molar-refractivity contribution in [3.8, 4) is 17.3 Å². The number of hydrogen-bond donors (Lipinski definition) is 2. The maximum absolute atomic E-state index is 10.6. The van der Waals surface area contributed by atoms with Gasteiger partial charge < -0.3 is 14.8 Å². The normalized spacial score (nSPS) is 17.2. The quantitative estimate of drug-likeness (QED) is 0.636. The zero-order chi connectivity index (χ0) is 20.1. The molecule has 1 atom stereocenters. The van der Waals surface area contributed by atoms with Gasteiger partial charge in [-0.3, -0.25) is 9.88 Å². The van der Waals surface area contributed by atoms with Crippen molar-refractivity contribution in [1.29, 1.82) is 0 Å². The van der Waals surface area contributed by atoms with Crippen LogP contribution in [-0.2, 0) is 11.3 Å². The lowest BCUT2D eigenvalue weighted by Crippen LogP contribution is -2.34. The molecule has 1 unspecified atom stereocenters. The lowest BCUT2D eigenvalue weighted by Gasteiger charge is -2.32. The Morgan fingerprint density at radius 3 is 2.76 bits per heavy atom. The summed E-state index contributed by atoms with van der Waals surface area (Å²) in [6.45, 7) is 2.43. The van der Waals surface area contributed by atoms with Gasteiger partial charge in [-0.15, -0.1) is 0 Å². The Labute approximate surface area is 168 Å². The van der Waals surface area contributed by atoms with Crippen molar-refractivity contribution in [3.05, 3.63) is 60.3 Å². The first kappa shape index (κ1) is 19.1. The summed E-state index contributed by atoms with van der Waals surface area (Å²) in [5.41, 5.74) is 2.98. The Balaban J connectivity index is 1.42. The minimum absolute atomic E-state index is 0.302. The van der Waals surface area contributed by atoms with E-state index in [0.29, 0.717) is 11.7 Å². The van der Waals surface area contributed by atoms with Gasteiger partial charge in [-0.1, -0.05) is 12.1 Å². The highest BCUT2D eigenvalue weighted by Gasteiger charge is 2.26. The minimum Gasteiger partial charge on any atom is -0.482 e. The van der Waals surface area contributed by atoms with Crippen LogP contribution in [0.15, 0.2) is 49.1 Å². The Kier molecular flexibility index (Phi) is 5.81.